The Bertz CT molecular complexity index is 443. The Kier molecular flexibility index (Phi) is 2.79. The summed E-state index contributed by atoms with van der Waals surface area (Å²) in [6.45, 7) is 3.56. The van der Waals surface area contributed by atoms with Crippen LogP contribution in [0.1, 0.15) is 18.1 Å². The number of rotatable bonds is 2. The molecule has 0 saturated carbocycles. The third kappa shape index (κ3) is 1.74. The number of benzene rings is 1. The average molecular weight is 218 g/mol. The van der Waals surface area contributed by atoms with Gasteiger partial charge in [-0.2, -0.15) is 0 Å². The van der Waals surface area contributed by atoms with E-state index in [0.29, 0.717) is 5.57 Å². The second-order valence-electron chi connectivity index (χ2n) is 3.98. The summed E-state index contributed by atoms with van der Waals surface area (Å²) in [5, 5.41) is 9.18. The maximum atomic E-state index is 11.4. The Hall–Kier alpha value is -1.61. The molecule has 1 aliphatic heterocycles. The van der Waals surface area contributed by atoms with Gasteiger partial charge in [-0.05, 0) is 19.4 Å². The molecule has 3 nitrogen and oxygen atoms in total. The SMILES string of the molecule is CC1=C(c2ccc(C)cc2)C(CO)OC1=O. The van der Waals surface area contributed by atoms with Crippen molar-refractivity contribution >= 4 is 11.5 Å². The number of ether oxygens (including phenoxy) is 1. The number of hydrogen-bond donors (Lipinski definition) is 1. The summed E-state index contributed by atoms with van der Waals surface area (Å²) in [5.41, 5.74) is 3.48. The lowest BCUT2D eigenvalue weighted by Gasteiger charge is -2.11. The molecule has 1 atom stereocenters. The molecule has 1 heterocycles. The molecule has 1 aliphatic rings. The molecule has 0 radical (unpaired) electrons. The lowest BCUT2D eigenvalue weighted by Crippen LogP contribution is -2.15. The van der Waals surface area contributed by atoms with E-state index in [9.17, 15) is 9.90 Å². The monoisotopic (exact) mass is 218 g/mol. The molecular weight excluding hydrogens is 204 g/mol. The quantitative estimate of drug-likeness (QED) is 0.768. The minimum atomic E-state index is -0.518. The first-order chi connectivity index (χ1) is 7.63. The van der Waals surface area contributed by atoms with Crippen LogP contribution in [0, 0.1) is 6.92 Å². The second kappa shape index (κ2) is 4.10. The minimum Gasteiger partial charge on any atom is -0.452 e. The number of esters is 1. The Balaban J connectivity index is 2.45. The van der Waals surface area contributed by atoms with Gasteiger partial charge in [0.05, 0.1) is 6.61 Å². The summed E-state index contributed by atoms with van der Waals surface area (Å²) in [4.78, 5) is 11.4. The molecule has 0 fully saturated rings. The van der Waals surface area contributed by atoms with Crippen molar-refractivity contribution in [2.75, 3.05) is 6.61 Å². The van der Waals surface area contributed by atoms with E-state index in [1.807, 2.05) is 31.2 Å². The molecular formula is C13H14O3. The lowest BCUT2D eigenvalue weighted by atomic mass is 9.97. The number of aryl methyl sites for hydroxylation is 1. The fourth-order valence-electron chi connectivity index (χ4n) is 1.89. The largest absolute Gasteiger partial charge is 0.452 e. The van der Waals surface area contributed by atoms with Crippen molar-refractivity contribution in [3.05, 3.63) is 41.0 Å². The van der Waals surface area contributed by atoms with Crippen LogP contribution in [0.2, 0.25) is 0 Å². The van der Waals surface area contributed by atoms with Gasteiger partial charge < -0.3 is 9.84 Å². The highest BCUT2D eigenvalue weighted by Gasteiger charge is 2.31. The van der Waals surface area contributed by atoms with E-state index in [1.165, 1.54) is 0 Å². The molecule has 1 unspecified atom stereocenters. The summed E-state index contributed by atoms with van der Waals surface area (Å²) >= 11 is 0. The minimum absolute atomic E-state index is 0.174. The van der Waals surface area contributed by atoms with Gasteiger partial charge in [-0.1, -0.05) is 29.8 Å². The normalized spacial score (nSPS) is 20.2. The van der Waals surface area contributed by atoms with Gasteiger partial charge in [0.1, 0.15) is 0 Å². The highest BCUT2D eigenvalue weighted by Crippen LogP contribution is 2.31. The third-order valence-electron chi connectivity index (χ3n) is 2.81. The van der Waals surface area contributed by atoms with Crippen LogP contribution >= 0.6 is 0 Å². The Morgan fingerprint density at radius 1 is 1.25 bits per heavy atom. The van der Waals surface area contributed by atoms with E-state index >= 15 is 0 Å². The third-order valence-corrected chi connectivity index (χ3v) is 2.81. The molecule has 1 aromatic carbocycles. The number of aliphatic hydroxyl groups excluding tert-OH is 1. The number of carbonyl (C=O) groups is 1. The van der Waals surface area contributed by atoms with Gasteiger partial charge in [-0.25, -0.2) is 4.79 Å². The maximum Gasteiger partial charge on any atom is 0.334 e. The number of carbonyl (C=O) groups excluding carboxylic acids is 1. The van der Waals surface area contributed by atoms with Gasteiger partial charge in [0, 0.05) is 11.1 Å². The van der Waals surface area contributed by atoms with E-state index in [-0.39, 0.29) is 12.6 Å². The van der Waals surface area contributed by atoms with Crippen LogP contribution in [0.5, 0.6) is 0 Å². The topological polar surface area (TPSA) is 46.5 Å². The molecule has 16 heavy (non-hydrogen) atoms. The molecule has 0 saturated heterocycles. The van der Waals surface area contributed by atoms with E-state index in [0.717, 1.165) is 16.7 Å². The molecule has 0 amide bonds. The number of hydrogen-bond acceptors (Lipinski definition) is 3. The van der Waals surface area contributed by atoms with Crippen LogP contribution in [0.3, 0.4) is 0 Å². The lowest BCUT2D eigenvalue weighted by molar-refractivity contribution is -0.140. The molecule has 0 bridgehead atoms. The van der Waals surface area contributed by atoms with E-state index < -0.39 is 6.10 Å². The van der Waals surface area contributed by atoms with Crippen LogP contribution in [0.15, 0.2) is 29.8 Å². The molecule has 1 aromatic rings. The van der Waals surface area contributed by atoms with Crippen molar-refractivity contribution in [2.45, 2.75) is 20.0 Å². The zero-order valence-electron chi connectivity index (χ0n) is 9.36. The van der Waals surface area contributed by atoms with Crippen molar-refractivity contribution in [1.29, 1.82) is 0 Å². The predicted octanol–water partition coefficient (Wildman–Crippen LogP) is 1.69. The molecule has 0 spiro atoms. The Morgan fingerprint density at radius 3 is 2.44 bits per heavy atom. The van der Waals surface area contributed by atoms with Crippen LogP contribution < -0.4 is 0 Å². The number of cyclic esters (lactones) is 1. The molecule has 2 rings (SSSR count). The maximum absolute atomic E-state index is 11.4. The van der Waals surface area contributed by atoms with Crippen LogP contribution in [-0.2, 0) is 9.53 Å². The van der Waals surface area contributed by atoms with Gasteiger partial charge >= 0.3 is 5.97 Å². The Morgan fingerprint density at radius 2 is 1.88 bits per heavy atom. The smallest absolute Gasteiger partial charge is 0.334 e. The van der Waals surface area contributed by atoms with Gasteiger partial charge in [-0.15, -0.1) is 0 Å². The molecule has 0 aromatic heterocycles. The van der Waals surface area contributed by atoms with E-state index in [2.05, 4.69) is 0 Å². The van der Waals surface area contributed by atoms with E-state index in [1.54, 1.807) is 6.92 Å². The molecule has 0 aliphatic carbocycles. The van der Waals surface area contributed by atoms with E-state index in [4.69, 9.17) is 4.74 Å². The van der Waals surface area contributed by atoms with Crippen LogP contribution in [-0.4, -0.2) is 23.8 Å². The summed E-state index contributed by atoms with van der Waals surface area (Å²) in [5.74, 6) is -0.338. The van der Waals surface area contributed by atoms with Crippen molar-refractivity contribution < 1.29 is 14.6 Å². The Labute approximate surface area is 94.4 Å². The van der Waals surface area contributed by atoms with Crippen molar-refractivity contribution in [2.24, 2.45) is 0 Å². The molecule has 1 N–H and O–H groups in total. The van der Waals surface area contributed by atoms with Crippen LogP contribution in [0.4, 0.5) is 0 Å². The first kappa shape index (κ1) is 10.9. The summed E-state index contributed by atoms with van der Waals surface area (Å²) < 4.78 is 5.06. The zero-order valence-corrected chi connectivity index (χ0v) is 9.36. The first-order valence-electron chi connectivity index (χ1n) is 5.23. The summed E-state index contributed by atoms with van der Waals surface area (Å²) in [7, 11) is 0. The van der Waals surface area contributed by atoms with Gasteiger partial charge in [-0.3, -0.25) is 0 Å². The standard InChI is InChI=1S/C13H14O3/c1-8-3-5-10(6-4-8)12-9(2)13(15)16-11(12)7-14/h3-6,11,14H,7H2,1-2H3. The van der Waals surface area contributed by atoms with Gasteiger partial charge in [0.25, 0.3) is 0 Å². The average Bonchev–Trinajstić information content (AvgIpc) is 2.57. The van der Waals surface area contributed by atoms with Gasteiger partial charge in [0.15, 0.2) is 6.10 Å². The molecule has 84 valence electrons. The fourth-order valence-corrected chi connectivity index (χ4v) is 1.89. The van der Waals surface area contributed by atoms with Crippen molar-refractivity contribution in [3.8, 4) is 0 Å². The summed E-state index contributed by atoms with van der Waals surface area (Å²) in [6, 6.07) is 7.84. The highest BCUT2D eigenvalue weighted by molar-refractivity contribution is 6.02. The first-order valence-corrected chi connectivity index (χ1v) is 5.23. The highest BCUT2D eigenvalue weighted by atomic mass is 16.6. The fraction of sp³-hybridized carbons (Fsp3) is 0.308. The number of aliphatic hydroxyl groups is 1. The van der Waals surface area contributed by atoms with Crippen molar-refractivity contribution in [3.63, 3.8) is 0 Å². The van der Waals surface area contributed by atoms with Crippen molar-refractivity contribution in [1.82, 2.24) is 0 Å². The summed E-state index contributed by atoms with van der Waals surface area (Å²) in [6.07, 6.45) is -0.518. The van der Waals surface area contributed by atoms with Crippen LogP contribution in [0.25, 0.3) is 5.57 Å². The molecule has 3 heteroatoms. The second-order valence-corrected chi connectivity index (χ2v) is 3.98. The zero-order chi connectivity index (χ0) is 11.7. The predicted molar refractivity (Wildman–Crippen MR) is 60.7 cm³/mol. The van der Waals surface area contributed by atoms with Gasteiger partial charge in [0.2, 0.25) is 0 Å².